The number of halogens is 3. The number of aromatic nitrogens is 2. The van der Waals surface area contributed by atoms with Crippen LogP contribution < -0.4 is 5.32 Å². The van der Waals surface area contributed by atoms with Crippen molar-refractivity contribution in [3.05, 3.63) is 18.1 Å². The van der Waals surface area contributed by atoms with Gasteiger partial charge in [-0.25, -0.2) is 9.97 Å². The van der Waals surface area contributed by atoms with Crippen LogP contribution in [-0.2, 0) is 6.18 Å². The van der Waals surface area contributed by atoms with Crippen LogP contribution in [0.1, 0.15) is 51.1 Å². The average molecular weight is 287 g/mol. The summed E-state index contributed by atoms with van der Waals surface area (Å²) in [5.74, 6) is 1.18. The molecule has 1 saturated carbocycles. The molecule has 3 nitrogen and oxygen atoms in total. The lowest BCUT2D eigenvalue weighted by Gasteiger charge is -2.36. The van der Waals surface area contributed by atoms with E-state index in [1.807, 2.05) is 0 Å². The number of nitrogens with zero attached hydrogens (tertiary/aromatic N) is 2. The van der Waals surface area contributed by atoms with Gasteiger partial charge >= 0.3 is 6.18 Å². The van der Waals surface area contributed by atoms with Crippen LogP contribution >= 0.6 is 0 Å². The van der Waals surface area contributed by atoms with Gasteiger partial charge in [0, 0.05) is 6.04 Å². The van der Waals surface area contributed by atoms with E-state index in [0.717, 1.165) is 31.2 Å². The van der Waals surface area contributed by atoms with Crippen molar-refractivity contribution in [2.45, 2.75) is 57.7 Å². The molecule has 0 spiro atoms. The van der Waals surface area contributed by atoms with E-state index in [4.69, 9.17) is 0 Å². The highest BCUT2D eigenvalue weighted by Gasteiger charge is 2.33. The van der Waals surface area contributed by atoms with Gasteiger partial charge in [-0.3, -0.25) is 0 Å². The lowest BCUT2D eigenvalue weighted by Crippen LogP contribution is -2.35. The fourth-order valence-electron chi connectivity index (χ4n) is 2.53. The average Bonchev–Trinajstić information content (AvgIpc) is 2.35. The zero-order chi connectivity index (χ0) is 14.6. The molecule has 20 heavy (non-hydrogen) atoms. The second-order valence-corrected chi connectivity index (χ2v) is 5.46. The van der Waals surface area contributed by atoms with Crippen molar-refractivity contribution < 1.29 is 13.2 Å². The third-order valence-electron chi connectivity index (χ3n) is 3.75. The first-order chi connectivity index (χ1) is 9.49. The minimum absolute atomic E-state index is 0.327. The van der Waals surface area contributed by atoms with Crippen LogP contribution in [0, 0.1) is 5.92 Å². The van der Waals surface area contributed by atoms with E-state index in [1.54, 1.807) is 0 Å². The Labute approximate surface area is 117 Å². The molecule has 6 heteroatoms. The maximum absolute atomic E-state index is 12.3. The van der Waals surface area contributed by atoms with Gasteiger partial charge in [0.2, 0.25) is 0 Å². The van der Waals surface area contributed by atoms with Crippen molar-refractivity contribution in [2.24, 2.45) is 5.92 Å². The quantitative estimate of drug-likeness (QED) is 0.794. The predicted molar refractivity (Wildman–Crippen MR) is 71.3 cm³/mol. The molecule has 1 aromatic heterocycles. The summed E-state index contributed by atoms with van der Waals surface area (Å²) in [4.78, 5) is 7.16. The fourth-order valence-corrected chi connectivity index (χ4v) is 2.53. The minimum atomic E-state index is -4.42. The van der Waals surface area contributed by atoms with Gasteiger partial charge in [0.25, 0.3) is 0 Å². The summed E-state index contributed by atoms with van der Waals surface area (Å²) in [5.41, 5.74) is -0.950. The van der Waals surface area contributed by atoms with E-state index >= 15 is 0 Å². The Balaban J connectivity index is 1.73. The van der Waals surface area contributed by atoms with Gasteiger partial charge in [-0.15, -0.1) is 0 Å². The van der Waals surface area contributed by atoms with Crippen LogP contribution in [0.15, 0.2) is 12.4 Å². The van der Waals surface area contributed by atoms with E-state index in [1.165, 1.54) is 25.7 Å². The van der Waals surface area contributed by atoms with Crippen LogP contribution in [0.2, 0.25) is 0 Å². The number of rotatable bonds is 6. The van der Waals surface area contributed by atoms with Crippen molar-refractivity contribution in [3.8, 4) is 0 Å². The zero-order valence-electron chi connectivity index (χ0n) is 11.6. The van der Waals surface area contributed by atoms with Gasteiger partial charge in [-0.2, -0.15) is 13.2 Å². The molecule has 112 valence electrons. The van der Waals surface area contributed by atoms with E-state index < -0.39 is 11.9 Å². The van der Waals surface area contributed by atoms with E-state index in [2.05, 4.69) is 22.2 Å². The Morgan fingerprint density at radius 3 is 2.50 bits per heavy atom. The van der Waals surface area contributed by atoms with Gasteiger partial charge in [-0.1, -0.05) is 32.6 Å². The second kappa shape index (κ2) is 6.41. The van der Waals surface area contributed by atoms with Crippen LogP contribution in [0.4, 0.5) is 19.0 Å². The summed E-state index contributed by atoms with van der Waals surface area (Å²) < 4.78 is 37.0. The Hall–Kier alpha value is -1.33. The molecule has 0 aromatic carbocycles. The standard InChI is InChI=1S/C14H20F3N3/c1-2-3-4-5-10-6-11(7-10)20-13-9-18-12(8-19-13)14(15,16)17/h8-11H,2-7H2,1H3,(H,19,20). The summed E-state index contributed by atoms with van der Waals surface area (Å²) >= 11 is 0. The molecule has 0 amide bonds. The van der Waals surface area contributed by atoms with Gasteiger partial charge in [-0.05, 0) is 18.8 Å². The summed E-state index contributed by atoms with van der Waals surface area (Å²) in [7, 11) is 0. The molecule has 1 N–H and O–H groups in total. The molecule has 2 rings (SSSR count). The molecular formula is C14H20F3N3. The Morgan fingerprint density at radius 1 is 1.20 bits per heavy atom. The summed E-state index contributed by atoms with van der Waals surface area (Å²) in [6.07, 6.45) is 4.70. The fraction of sp³-hybridized carbons (Fsp3) is 0.714. The van der Waals surface area contributed by atoms with Gasteiger partial charge < -0.3 is 5.32 Å². The van der Waals surface area contributed by atoms with E-state index in [9.17, 15) is 13.2 Å². The third kappa shape index (κ3) is 4.08. The van der Waals surface area contributed by atoms with Crippen molar-refractivity contribution in [1.82, 2.24) is 9.97 Å². The monoisotopic (exact) mass is 287 g/mol. The number of hydrogen-bond donors (Lipinski definition) is 1. The Bertz CT molecular complexity index is 411. The van der Waals surface area contributed by atoms with Crippen molar-refractivity contribution in [3.63, 3.8) is 0 Å². The van der Waals surface area contributed by atoms with Crippen LogP contribution in [-0.4, -0.2) is 16.0 Å². The first-order valence-corrected chi connectivity index (χ1v) is 7.14. The first-order valence-electron chi connectivity index (χ1n) is 7.14. The molecule has 0 saturated heterocycles. The zero-order valence-corrected chi connectivity index (χ0v) is 11.6. The molecule has 1 fully saturated rings. The molecule has 1 aliphatic carbocycles. The molecule has 0 unspecified atom stereocenters. The number of unbranched alkanes of at least 4 members (excludes halogenated alkanes) is 2. The van der Waals surface area contributed by atoms with E-state index in [0.29, 0.717) is 11.9 Å². The maximum atomic E-state index is 12.3. The molecule has 0 aliphatic heterocycles. The second-order valence-electron chi connectivity index (χ2n) is 5.46. The lowest BCUT2D eigenvalue weighted by atomic mass is 9.77. The van der Waals surface area contributed by atoms with Crippen LogP contribution in [0.25, 0.3) is 0 Å². The van der Waals surface area contributed by atoms with Crippen molar-refractivity contribution >= 4 is 5.82 Å². The number of hydrogen-bond acceptors (Lipinski definition) is 3. The Kier molecular flexibility index (Phi) is 4.83. The number of nitrogens with one attached hydrogen (secondary N) is 1. The minimum Gasteiger partial charge on any atom is -0.366 e. The van der Waals surface area contributed by atoms with Crippen molar-refractivity contribution in [1.29, 1.82) is 0 Å². The molecule has 0 atom stereocenters. The highest BCUT2D eigenvalue weighted by Crippen LogP contribution is 2.34. The number of anilines is 1. The summed E-state index contributed by atoms with van der Waals surface area (Å²) in [6, 6.07) is 0.327. The molecule has 0 radical (unpaired) electrons. The molecule has 0 bridgehead atoms. The summed E-state index contributed by atoms with van der Waals surface area (Å²) in [5, 5.41) is 3.14. The molecular weight excluding hydrogens is 267 g/mol. The topological polar surface area (TPSA) is 37.8 Å². The van der Waals surface area contributed by atoms with Crippen LogP contribution in [0.5, 0.6) is 0 Å². The molecule has 1 heterocycles. The predicted octanol–water partition coefficient (Wildman–Crippen LogP) is 4.27. The van der Waals surface area contributed by atoms with Gasteiger partial charge in [0.1, 0.15) is 5.82 Å². The molecule has 1 aromatic rings. The smallest absolute Gasteiger partial charge is 0.366 e. The number of alkyl halides is 3. The third-order valence-corrected chi connectivity index (χ3v) is 3.75. The van der Waals surface area contributed by atoms with Gasteiger partial charge in [0.05, 0.1) is 12.4 Å². The maximum Gasteiger partial charge on any atom is 0.434 e. The molecule has 1 aliphatic rings. The SMILES string of the molecule is CCCCCC1CC(Nc2cnc(C(F)(F)F)cn2)C1. The Morgan fingerprint density at radius 2 is 1.95 bits per heavy atom. The largest absolute Gasteiger partial charge is 0.434 e. The van der Waals surface area contributed by atoms with Crippen molar-refractivity contribution in [2.75, 3.05) is 5.32 Å². The highest BCUT2D eigenvalue weighted by molar-refractivity contribution is 5.33. The highest BCUT2D eigenvalue weighted by atomic mass is 19.4. The van der Waals surface area contributed by atoms with E-state index in [-0.39, 0.29) is 0 Å². The normalized spacial score (nSPS) is 22.4. The first kappa shape index (κ1) is 15.1. The lowest BCUT2D eigenvalue weighted by molar-refractivity contribution is -0.141. The van der Waals surface area contributed by atoms with Gasteiger partial charge in [0.15, 0.2) is 5.69 Å². The summed E-state index contributed by atoms with van der Waals surface area (Å²) in [6.45, 7) is 2.19. The van der Waals surface area contributed by atoms with Crippen LogP contribution in [0.3, 0.4) is 0 Å².